The number of dihydropyridines is 1. The molecule has 0 spiro atoms. The number of carbonyl (C=O) groups excluding carboxylic acids is 2. The van der Waals surface area contributed by atoms with Gasteiger partial charge >= 0.3 is 0 Å². The SMILES string of the molecule is C/C=C\O/C(=C\C)C1CC(=O)C2=C(C1)NC(C)=C(C(=O)CC)C2c1ccc(-c2ccccc2)cc1. The summed E-state index contributed by atoms with van der Waals surface area (Å²) in [5, 5.41) is 3.43. The lowest BCUT2D eigenvalue weighted by atomic mass is 9.71. The highest BCUT2D eigenvalue weighted by Crippen LogP contribution is 2.45. The van der Waals surface area contributed by atoms with Crippen molar-refractivity contribution in [2.45, 2.75) is 52.9 Å². The second kappa shape index (κ2) is 10.7. The molecule has 0 amide bonds. The molecule has 1 aliphatic carbocycles. The quantitative estimate of drug-likeness (QED) is 0.446. The number of Topliss-reactive ketones (excluding diaryl/α,β-unsaturated/α-hetero) is 2. The largest absolute Gasteiger partial charge is 0.470 e. The van der Waals surface area contributed by atoms with Gasteiger partial charge < -0.3 is 10.1 Å². The minimum atomic E-state index is -0.359. The summed E-state index contributed by atoms with van der Waals surface area (Å²) in [5.74, 6) is 0.540. The number of ketones is 2. The Hall–Kier alpha value is -3.66. The topological polar surface area (TPSA) is 55.4 Å². The van der Waals surface area contributed by atoms with Gasteiger partial charge in [0.25, 0.3) is 0 Å². The zero-order chi connectivity index (χ0) is 24.9. The standard InChI is InChI=1S/C31H33NO3/c1-5-17-35-28(7-3)24-18-25-31(27(34)19-24)30(29(20(4)32-25)26(33)6-2)23-15-13-22(14-16-23)21-11-9-8-10-12-21/h5,7-17,24,30,32H,6,18-19H2,1-4H3/b17-5-,28-7-. The number of carbonyl (C=O) groups is 2. The van der Waals surface area contributed by atoms with Crippen LogP contribution in [0.1, 0.15) is 58.4 Å². The van der Waals surface area contributed by atoms with Gasteiger partial charge in [0.2, 0.25) is 0 Å². The Morgan fingerprint density at radius 3 is 2.34 bits per heavy atom. The predicted molar refractivity (Wildman–Crippen MR) is 140 cm³/mol. The fourth-order valence-corrected chi connectivity index (χ4v) is 5.18. The predicted octanol–water partition coefficient (Wildman–Crippen LogP) is 6.98. The van der Waals surface area contributed by atoms with Gasteiger partial charge in [-0.1, -0.05) is 67.6 Å². The molecule has 2 aromatic carbocycles. The van der Waals surface area contributed by atoms with E-state index in [1.807, 2.05) is 58.0 Å². The Morgan fingerprint density at radius 1 is 1.03 bits per heavy atom. The molecule has 0 saturated heterocycles. The van der Waals surface area contributed by atoms with E-state index in [2.05, 4.69) is 41.7 Å². The van der Waals surface area contributed by atoms with Crippen molar-refractivity contribution < 1.29 is 14.3 Å². The molecule has 0 saturated carbocycles. The third kappa shape index (κ3) is 4.93. The molecule has 0 fully saturated rings. The van der Waals surface area contributed by atoms with Crippen LogP contribution < -0.4 is 5.32 Å². The number of allylic oxidation sites excluding steroid dienone is 7. The van der Waals surface area contributed by atoms with Gasteiger partial charge in [-0.15, -0.1) is 0 Å². The van der Waals surface area contributed by atoms with E-state index in [-0.39, 0.29) is 23.4 Å². The first-order valence-electron chi connectivity index (χ1n) is 12.3. The maximum atomic E-state index is 13.6. The van der Waals surface area contributed by atoms with Crippen LogP contribution in [0.2, 0.25) is 0 Å². The lowest BCUT2D eigenvalue weighted by molar-refractivity contribution is -0.117. The van der Waals surface area contributed by atoms with Crippen molar-refractivity contribution in [2.24, 2.45) is 5.92 Å². The Bertz CT molecular complexity index is 1230. The van der Waals surface area contributed by atoms with E-state index < -0.39 is 0 Å². The molecule has 1 heterocycles. The van der Waals surface area contributed by atoms with Crippen LogP contribution in [0.4, 0.5) is 0 Å². The fourth-order valence-electron chi connectivity index (χ4n) is 5.18. The summed E-state index contributed by atoms with van der Waals surface area (Å²) in [6.07, 6.45) is 6.85. The third-order valence-corrected chi connectivity index (χ3v) is 6.83. The van der Waals surface area contributed by atoms with E-state index in [9.17, 15) is 9.59 Å². The average Bonchev–Trinajstić information content (AvgIpc) is 2.88. The van der Waals surface area contributed by atoms with Crippen LogP contribution in [-0.2, 0) is 14.3 Å². The molecule has 1 N–H and O–H groups in total. The molecule has 0 aromatic heterocycles. The molecular weight excluding hydrogens is 434 g/mol. The first-order valence-corrected chi connectivity index (χ1v) is 12.3. The Kier molecular flexibility index (Phi) is 7.50. The number of rotatable bonds is 7. The van der Waals surface area contributed by atoms with Crippen LogP contribution in [0.3, 0.4) is 0 Å². The average molecular weight is 468 g/mol. The summed E-state index contributed by atoms with van der Waals surface area (Å²) in [5.41, 5.74) is 6.36. The molecule has 35 heavy (non-hydrogen) atoms. The van der Waals surface area contributed by atoms with Gasteiger partial charge in [0, 0.05) is 47.2 Å². The maximum Gasteiger partial charge on any atom is 0.162 e. The molecular formula is C31H33NO3. The second-order valence-electron chi connectivity index (χ2n) is 9.06. The van der Waals surface area contributed by atoms with Crippen molar-refractivity contribution in [3.8, 4) is 11.1 Å². The van der Waals surface area contributed by atoms with E-state index in [1.165, 1.54) is 0 Å². The highest BCUT2D eigenvalue weighted by atomic mass is 16.5. The number of ether oxygens (including phenoxy) is 1. The lowest BCUT2D eigenvalue weighted by Crippen LogP contribution is -2.36. The van der Waals surface area contributed by atoms with Gasteiger partial charge in [0.1, 0.15) is 5.76 Å². The van der Waals surface area contributed by atoms with Gasteiger partial charge in [0.15, 0.2) is 11.6 Å². The van der Waals surface area contributed by atoms with Crippen molar-refractivity contribution in [2.75, 3.05) is 0 Å². The van der Waals surface area contributed by atoms with Gasteiger partial charge in [-0.25, -0.2) is 0 Å². The van der Waals surface area contributed by atoms with Crippen LogP contribution in [0.5, 0.6) is 0 Å². The Morgan fingerprint density at radius 2 is 1.71 bits per heavy atom. The van der Waals surface area contributed by atoms with E-state index >= 15 is 0 Å². The number of hydrogen-bond donors (Lipinski definition) is 1. The van der Waals surface area contributed by atoms with E-state index in [4.69, 9.17) is 4.74 Å². The summed E-state index contributed by atoms with van der Waals surface area (Å²) in [4.78, 5) is 26.7. The van der Waals surface area contributed by atoms with Gasteiger partial charge in [-0.2, -0.15) is 0 Å². The molecule has 2 unspecified atom stereocenters. The first-order chi connectivity index (χ1) is 17.0. The third-order valence-electron chi connectivity index (χ3n) is 6.83. The molecule has 2 aromatic rings. The zero-order valence-corrected chi connectivity index (χ0v) is 20.9. The monoisotopic (exact) mass is 467 g/mol. The summed E-state index contributed by atoms with van der Waals surface area (Å²) >= 11 is 0. The first kappa shape index (κ1) is 24.5. The Labute approximate surface area is 208 Å². The fraction of sp³-hybridized carbons (Fsp3) is 0.290. The van der Waals surface area contributed by atoms with Crippen molar-refractivity contribution in [1.82, 2.24) is 5.32 Å². The van der Waals surface area contributed by atoms with E-state index in [1.54, 1.807) is 6.26 Å². The van der Waals surface area contributed by atoms with Crippen LogP contribution in [0.25, 0.3) is 11.1 Å². The molecule has 1 aliphatic heterocycles. The normalized spacial score (nSPS) is 20.7. The highest BCUT2D eigenvalue weighted by molar-refractivity contribution is 6.06. The lowest BCUT2D eigenvalue weighted by Gasteiger charge is -2.37. The van der Waals surface area contributed by atoms with Gasteiger partial charge in [-0.3, -0.25) is 9.59 Å². The van der Waals surface area contributed by atoms with Crippen molar-refractivity contribution >= 4 is 11.6 Å². The molecule has 2 atom stereocenters. The van der Waals surface area contributed by atoms with Crippen LogP contribution in [0, 0.1) is 5.92 Å². The Balaban J connectivity index is 1.76. The minimum Gasteiger partial charge on any atom is -0.470 e. The summed E-state index contributed by atoms with van der Waals surface area (Å²) in [6.45, 7) is 7.65. The number of benzene rings is 2. The molecule has 180 valence electrons. The molecule has 4 nitrogen and oxygen atoms in total. The van der Waals surface area contributed by atoms with Gasteiger partial charge in [-0.05, 0) is 50.0 Å². The minimum absolute atomic E-state index is 0.0349. The van der Waals surface area contributed by atoms with Crippen molar-refractivity contribution in [3.05, 3.63) is 107 Å². The summed E-state index contributed by atoms with van der Waals surface area (Å²) in [6, 6.07) is 18.5. The zero-order valence-electron chi connectivity index (χ0n) is 20.9. The van der Waals surface area contributed by atoms with E-state index in [0.717, 1.165) is 39.4 Å². The summed E-state index contributed by atoms with van der Waals surface area (Å²) < 4.78 is 5.79. The van der Waals surface area contributed by atoms with Crippen LogP contribution in [-0.4, -0.2) is 11.6 Å². The van der Waals surface area contributed by atoms with Gasteiger partial charge in [0.05, 0.1) is 6.26 Å². The summed E-state index contributed by atoms with van der Waals surface area (Å²) in [7, 11) is 0. The van der Waals surface area contributed by atoms with Crippen LogP contribution in [0.15, 0.2) is 101 Å². The number of hydrogen-bond acceptors (Lipinski definition) is 4. The molecule has 0 radical (unpaired) electrons. The smallest absolute Gasteiger partial charge is 0.162 e. The van der Waals surface area contributed by atoms with Crippen LogP contribution >= 0.6 is 0 Å². The maximum absolute atomic E-state index is 13.6. The highest BCUT2D eigenvalue weighted by Gasteiger charge is 2.41. The van der Waals surface area contributed by atoms with E-state index in [0.29, 0.717) is 24.8 Å². The molecule has 4 heteroatoms. The van der Waals surface area contributed by atoms with Crippen molar-refractivity contribution in [3.63, 3.8) is 0 Å². The number of nitrogens with one attached hydrogen (secondary N) is 1. The molecule has 2 aliphatic rings. The molecule has 4 rings (SSSR count). The van der Waals surface area contributed by atoms with Crippen molar-refractivity contribution in [1.29, 1.82) is 0 Å². The molecule has 0 bridgehead atoms. The second-order valence-corrected chi connectivity index (χ2v) is 9.06.